The highest BCUT2D eigenvalue weighted by molar-refractivity contribution is 7.99. The summed E-state index contributed by atoms with van der Waals surface area (Å²) in [6.45, 7) is 0. The molecule has 0 saturated heterocycles. The molecule has 0 spiro atoms. The number of halogens is 2. The lowest BCUT2D eigenvalue weighted by atomic mass is 10.2. The van der Waals surface area contributed by atoms with Crippen LogP contribution in [0.25, 0.3) is 17.1 Å². The topological polar surface area (TPSA) is 85.1 Å². The number of aromatic nitrogens is 4. The number of pyridine rings is 1. The van der Waals surface area contributed by atoms with Gasteiger partial charge in [0, 0.05) is 33.7 Å². The van der Waals surface area contributed by atoms with E-state index in [1.54, 1.807) is 55.0 Å². The van der Waals surface area contributed by atoms with Crippen LogP contribution in [-0.2, 0) is 4.79 Å². The lowest BCUT2D eigenvalue weighted by Gasteiger charge is -2.10. The fraction of sp³-hybridized carbons (Fsp3) is 0.0455. The fourth-order valence-corrected chi connectivity index (χ4v) is 3.76. The van der Waals surface area contributed by atoms with Crippen molar-refractivity contribution in [1.29, 1.82) is 0 Å². The van der Waals surface area contributed by atoms with E-state index in [2.05, 4.69) is 25.7 Å². The van der Waals surface area contributed by atoms with Gasteiger partial charge in [0.05, 0.1) is 12.0 Å². The molecule has 1 N–H and O–H groups in total. The molecule has 4 rings (SSSR count). The predicted octanol–water partition coefficient (Wildman–Crippen LogP) is 4.88. The molecule has 0 bridgehead atoms. The number of nitrogens with one attached hydrogen (secondary N) is 1. The van der Waals surface area contributed by atoms with Gasteiger partial charge in [0.25, 0.3) is 5.91 Å². The molecule has 0 unspecified atom stereocenters. The second kappa shape index (κ2) is 10.4. The van der Waals surface area contributed by atoms with Crippen molar-refractivity contribution >= 4 is 47.1 Å². The first-order valence-corrected chi connectivity index (χ1v) is 11.2. The molecule has 2 aromatic carbocycles. The smallest absolute Gasteiger partial charge is 0.250 e. The molecule has 7 nitrogen and oxygen atoms in total. The van der Waals surface area contributed by atoms with E-state index in [-0.39, 0.29) is 11.7 Å². The lowest BCUT2D eigenvalue weighted by molar-refractivity contribution is -0.118. The van der Waals surface area contributed by atoms with E-state index >= 15 is 0 Å². The minimum atomic E-state index is -0.265. The Morgan fingerprint density at radius 3 is 2.31 bits per heavy atom. The normalized spacial score (nSPS) is 11.1. The first kappa shape index (κ1) is 22.0. The molecule has 2 heterocycles. The number of hydrogen-bond acceptors (Lipinski definition) is 6. The number of nitrogens with zero attached hydrogens (tertiary/aromatic N) is 5. The molecule has 0 atom stereocenters. The van der Waals surface area contributed by atoms with E-state index in [0.717, 1.165) is 16.8 Å². The van der Waals surface area contributed by atoms with Crippen LogP contribution in [0.4, 0.5) is 0 Å². The van der Waals surface area contributed by atoms with Gasteiger partial charge in [-0.1, -0.05) is 35.0 Å². The lowest BCUT2D eigenvalue weighted by Crippen LogP contribution is -2.20. The number of benzene rings is 2. The van der Waals surface area contributed by atoms with Crippen molar-refractivity contribution in [2.24, 2.45) is 5.10 Å². The molecule has 160 valence electrons. The number of hydrogen-bond donors (Lipinski definition) is 1. The monoisotopic (exact) mass is 482 g/mol. The Morgan fingerprint density at radius 2 is 1.62 bits per heavy atom. The Hall–Kier alpha value is -3.20. The summed E-state index contributed by atoms with van der Waals surface area (Å²) in [5, 5.41) is 14.4. The molecule has 2 aromatic heterocycles. The van der Waals surface area contributed by atoms with Gasteiger partial charge in [0.1, 0.15) is 0 Å². The number of rotatable bonds is 7. The summed E-state index contributed by atoms with van der Waals surface area (Å²) in [5.74, 6) is 0.474. The first-order valence-electron chi connectivity index (χ1n) is 9.42. The Labute approximate surface area is 198 Å². The standard InChI is InChI=1S/C22H16Cl2N6OS/c23-17-3-1-16(2-4-17)21-28-29-22(30(21)19-7-5-18(24)6-8-19)32-14-20(31)27-26-13-15-9-11-25-12-10-15/h1-13H,14H2,(H,27,31). The van der Waals surface area contributed by atoms with Crippen molar-refractivity contribution in [3.8, 4) is 17.1 Å². The van der Waals surface area contributed by atoms with E-state index in [0.29, 0.717) is 21.0 Å². The van der Waals surface area contributed by atoms with E-state index < -0.39 is 0 Å². The second-order valence-corrected chi connectivity index (χ2v) is 8.30. The third kappa shape index (κ3) is 5.53. The highest BCUT2D eigenvalue weighted by Gasteiger charge is 2.17. The Balaban J connectivity index is 1.53. The van der Waals surface area contributed by atoms with Gasteiger partial charge in [-0.25, -0.2) is 5.43 Å². The molecule has 0 saturated carbocycles. The number of carbonyl (C=O) groups is 1. The van der Waals surface area contributed by atoms with Crippen LogP contribution in [0, 0.1) is 0 Å². The van der Waals surface area contributed by atoms with Gasteiger partial charge < -0.3 is 0 Å². The van der Waals surface area contributed by atoms with Crippen LogP contribution in [0.2, 0.25) is 10.0 Å². The summed E-state index contributed by atoms with van der Waals surface area (Å²) in [7, 11) is 0. The van der Waals surface area contributed by atoms with Gasteiger partial charge in [-0.2, -0.15) is 5.10 Å². The number of hydrazone groups is 1. The Morgan fingerprint density at radius 1 is 0.969 bits per heavy atom. The maximum absolute atomic E-state index is 12.3. The molecule has 1 amide bonds. The largest absolute Gasteiger partial charge is 0.272 e. The average molecular weight is 483 g/mol. The maximum atomic E-state index is 12.3. The van der Waals surface area contributed by atoms with Crippen LogP contribution < -0.4 is 5.43 Å². The second-order valence-electron chi connectivity index (χ2n) is 6.49. The number of thioether (sulfide) groups is 1. The van der Waals surface area contributed by atoms with Gasteiger partial charge in [-0.05, 0) is 66.2 Å². The minimum Gasteiger partial charge on any atom is -0.272 e. The molecule has 0 radical (unpaired) electrons. The molecule has 0 aliphatic carbocycles. The quantitative estimate of drug-likeness (QED) is 0.230. The zero-order chi connectivity index (χ0) is 22.3. The molecule has 0 aliphatic heterocycles. The third-order valence-corrected chi connectivity index (χ3v) is 5.69. The summed E-state index contributed by atoms with van der Waals surface area (Å²) >= 11 is 13.3. The number of carbonyl (C=O) groups excluding carboxylic acids is 1. The van der Waals surface area contributed by atoms with E-state index in [4.69, 9.17) is 23.2 Å². The van der Waals surface area contributed by atoms with Crippen LogP contribution in [0.5, 0.6) is 0 Å². The van der Waals surface area contributed by atoms with Crippen molar-refractivity contribution in [3.05, 3.63) is 88.7 Å². The summed E-state index contributed by atoms with van der Waals surface area (Å²) in [5.41, 5.74) is 5.01. The van der Waals surface area contributed by atoms with E-state index in [1.807, 2.05) is 28.8 Å². The summed E-state index contributed by atoms with van der Waals surface area (Å²) < 4.78 is 1.87. The molecular formula is C22H16Cl2N6OS. The predicted molar refractivity (Wildman–Crippen MR) is 128 cm³/mol. The van der Waals surface area contributed by atoms with Gasteiger partial charge >= 0.3 is 0 Å². The SMILES string of the molecule is O=C(CSc1nnc(-c2ccc(Cl)cc2)n1-c1ccc(Cl)cc1)NN=Cc1ccncc1. The fourth-order valence-electron chi connectivity index (χ4n) is 2.76. The first-order chi connectivity index (χ1) is 15.6. The zero-order valence-corrected chi connectivity index (χ0v) is 18.8. The van der Waals surface area contributed by atoms with Crippen LogP contribution in [0.1, 0.15) is 5.56 Å². The maximum Gasteiger partial charge on any atom is 0.250 e. The molecular weight excluding hydrogens is 467 g/mol. The molecule has 0 aliphatic rings. The zero-order valence-electron chi connectivity index (χ0n) is 16.5. The summed E-state index contributed by atoms with van der Waals surface area (Å²) in [6, 6.07) is 18.2. The summed E-state index contributed by atoms with van der Waals surface area (Å²) in [4.78, 5) is 16.2. The van der Waals surface area contributed by atoms with Crippen molar-refractivity contribution in [3.63, 3.8) is 0 Å². The average Bonchev–Trinajstić information content (AvgIpc) is 3.23. The van der Waals surface area contributed by atoms with Crippen LogP contribution in [0.15, 0.2) is 83.3 Å². The van der Waals surface area contributed by atoms with E-state index in [1.165, 1.54) is 11.8 Å². The highest BCUT2D eigenvalue weighted by Crippen LogP contribution is 2.29. The van der Waals surface area contributed by atoms with Crippen molar-refractivity contribution in [2.75, 3.05) is 5.75 Å². The van der Waals surface area contributed by atoms with Crippen molar-refractivity contribution in [1.82, 2.24) is 25.2 Å². The molecule has 4 aromatic rings. The van der Waals surface area contributed by atoms with Gasteiger partial charge in [-0.15, -0.1) is 10.2 Å². The third-order valence-electron chi connectivity index (χ3n) is 4.26. The summed E-state index contributed by atoms with van der Waals surface area (Å²) in [6.07, 6.45) is 4.86. The van der Waals surface area contributed by atoms with Crippen LogP contribution >= 0.6 is 35.0 Å². The molecule has 10 heteroatoms. The number of amides is 1. The van der Waals surface area contributed by atoms with Gasteiger partial charge in [-0.3, -0.25) is 14.3 Å². The van der Waals surface area contributed by atoms with Crippen LogP contribution in [-0.4, -0.2) is 37.6 Å². The highest BCUT2D eigenvalue weighted by atomic mass is 35.5. The van der Waals surface area contributed by atoms with E-state index in [9.17, 15) is 4.79 Å². The Kier molecular flexibility index (Phi) is 7.16. The van der Waals surface area contributed by atoms with Gasteiger partial charge in [0.2, 0.25) is 0 Å². The van der Waals surface area contributed by atoms with Gasteiger partial charge in [0.15, 0.2) is 11.0 Å². The molecule has 0 fully saturated rings. The van der Waals surface area contributed by atoms with Crippen LogP contribution in [0.3, 0.4) is 0 Å². The minimum absolute atomic E-state index is 0.111. The van der Waals surface area contributed by atoms with Crippen molar-refractivity contribution in [2.45, 2.75) is 5.16 Å². The van der Waals surface area contributed by atoms with Crippen molar-refractivity contribution < 1.29 is 4.79 Å². The molecule has 32 heavy (non-hydrogen) atoms. The Bertz CT molecular complexity index is 1230.